The minimum atomic E-state index is -4.33. The molecule has 1 aromatic rings. The summed E-state index contributed by atoms with van der Waals surface area (Å²) in [6.07, 6.45) is -5.57. The fourth-order valence-corrected chi connectivity index (χ4v) is 0.509. The molecule has 7 heteroatoms. The summed E-state index contributed by atoms with van der Waals surface area (Å²) in [7, 11) is 0. The van der Waals surface area contributed by atoms with E-state index in [0.717, 1.165) is 0 Å². The highest BCUT2D eigenvalue weighted by Crippen LogP contribution is 2.20. The van der Waals surface area contributed by atoms with Crippen molar-refractivity contribution >= 4 is 6.01 Å². The van der Waals surface area contributed by atoms with E-state index in [1.165, 1.54) is 0 Å². The van der Waals surface area contributed by atoms with Gasteiger partial charge in [-0.05, 0) is 0 Å². The predicted molar refractivity (Wildman–Crippen MR) is 28.5 cm³/mol. The Balaban J connectivity index is 2.65. The number of nitrogens with zero attached hydrogens (tertiary/aromatic N) is 2. The van der Waals surface area contributed by atoms with Gasteiger partial charge < -0.3 is 10.2 Å². The summed E-state index contributed by atoms with van der Waals surface area (Å²) >= 11 is 0. The number of nitrogens with two attached hydrogens (primary N) is 1. The number of halogens is 3. The first-order chi connectivity index (χ1) is 4.97. The highest BCUT2D eigenvalue weighted by atomic mass is 19.4. The number of hydrogen-bond donors (Lipinski definition) is 1. The van der Waals surface area contributed by atoms with Crippen molar-refractivity contribution in [1.29, 1.82) is 0 Å². The van der Waals surface area contributed by atoms with Crippen LogP contribution in [0.15, 0.2) is 4.42 Å². The first kappa shape index (κ1) is 7.83. The molecule has 0 radical (unpaired) electrons. The molecule has 62 valence electrons. The second-order valence-electron chi connectivity index (χ2n) is 1.83. The zero-order chi connectivity index (χ0) is 8.48. The molecule has 2 N–H and O–H groups in total. The first-order valence-corrected chi connectivity index (χ1v) is 2.62. The fourth-order valence-electron chi connectivity index (χ4n) is 0.509. The molecule has 0 saturated heterocycles. The molecule has 1 rings (SSSR count). The summed E-state index contributed by atoms with van der Waals surface area (Å²) in [5, 5.41) is 6.10. The van der Waals surface area contributed by atoms with Crippen LogP contribution in [0.5, 0.6) is 0 Å². The molecular formula is C4H4F3N3O. The van der Waals surface area contributed by atoms with Crippen LogP contribution in [0.4, 0.5) is 19.2 Å². The van der Waals surface area contributed by atoms with Crippen LogP contribution in [0.2, 0.25) is 0 Å². The van der Waals surface area contributed by atoms with Crippen molar-refractivity contribution in [3.63, 3.8) is 0 Å². The molecule has 11 heavy (non-hydrogen) atoms. The average molecular weight is 167 g/mol. The Morgan fingerprint density at radius 3 is 2.36 bits per heavy atom. The quantitative estimate of drug-likeness (QED) is 0.670. The van der Waals surface area contributed by atoms with Crippen LogP contribution >= 0.6 is 0 Å². The van der Waals surface area contributed by atoms with E-state index in [4.69, 9.17) is 5.73 Å². The molecule has 0 atom stereocenters. The lowest BCUT2D eigenvalue weighted by molar-refractivity contribution is -0.130. The third-order valence-corrected chi connectivity index (χ3v) is 0.834. The SMILES string of the molecule is Nc1nnc(CC(F)(F)F)o1. The van der Waals surface area contributed by atoms with Crippen molar-refractivity contribution in [2.45, 2.75) is 12.6 Å². The second-order valence-corrected chi connectivity index (χ2v) is 1.83. The van der Waals surface area contributed by atoms with Crippen molar-refractivity contribution in [3.05, 3.63) is 5.89 Å². The van der Waals surface area contributed by atoms with Gasteiger partial charge in [-0.3, -0.25) is 0 Å². The van der Waals surface area contributed by atoms with E-state index in [2.05, 4.69) is 14.6 Å². The Labute approximate surface area is 59.2 Å². The average Bonchev–Trinajstić information content (AvgIpc) is 2.10. The number of aromatic nitrogens is 2. The molecule has 0 aromatic carbocycles. The molecule has 0 amide bonds. The van der Waals surface area contributed by atoms with E-state index in [1.807, 2.05) is 0 Å². The van der Waals surface area contributed by atoms with Crippen molar-refractivity contribution in [2.24, 2.45) is 0 Å². The molecule has 0 unspecified atom stereocenters. The van der Waals surface area contributed by atoms with Gasteiger partial charge >= 0.3 is 12.2 Å². The molecule has 0 aliphatic carbocycles. The van der Waals surface area contributed by atoms with Crippen LogP contribution in [-0.4, -0.2) is 16.4 Å². The van der Waals surface area contributed by atoms with E-state index in [1.54, 1.807) is 0 Å². The lowest BCUT2D eigenvalue weighted by Gasteiger charge is -1.99. The maximum absolute atomic E-state index is 11.6. The molecule has 1 heterocycles. The Morgan fingerprint density at radius 1 is 1.36 bits per heavy atom. The molecule has 0 spiro atoms. The highest BCUT2D eigenvalue weighted by molar-refractivity contribution is 5.05. The topological polar surface area (TPSA) is 64.9 Å². The molecule has 0 saturated carbocycles. The minimum absolute atomic E-state index is 0.357. The number of hydrogen-bond acceptors (Lipinski definition) is 4. The van der Waals surface area contributed by atoms with Gasteiger partial charge in [0.1, 0.15) is 6.42 Å². The van der Waals surface area contributed by atoms with Gasteiger partial charge in [0.25, 0.3) is 0 Å². The monoisotopic (exact) mass is 167 g/mol. The van der Waals surface area contributed by atoms with Crippen LogP contribution in [0.1, 0.15) is 5.89 Å². The first-order valence-electron chi connectivity index (χ1n) is 2.62. The van der Waals surface area contributed by atoms with Crippen molar-refractivity contribution < 1.29 is 17.6 Å². The van der Waals surface area contributed by atoms with E-state index < -0.39 is 18.5 Å². The van der Waals surface area contributed by atoms with Gasteiger partial charge in [-0.2, -0.15) is 13.2 Å². The fraction of sp³-hybridized carbons (Fsp3) is 0.500. The number of rotatable bonds is 1. The minimum Gasteiger partial charge on any atom is -0.408 e. The van der Waals surface area contributed by atoms with Crippen molar-refractivity contribution in [2.75, 3.05) is 5.73 Å². The van der Waals surface area contributed by atoms with Gasteiger partial charge in [0.05, 0.1) is 0 Å². The zero-order valence-electron chi connectivity index (χ0n) is 5.22. The van der Waals surface area contributed by atoms with Crippen LogP contribution in [0.25, 0.3) is 0 Å². The number of alkyl halides is 3. The summed E-state index contributed by atoms with van der Waals surface area (Å²) in [5.74, 6) is -0.519. The summed E-state index contributed by atoms with van der Waals surface area (Å²) in [5.41, 5.74) is 4.89. The Morgan fingerprint density at radius 2 is 2.00 bits per heavy atom. The van der Waals surface area contributed by atoms with Gasteiger partial charge in [0.15, 0.2) is 0 Å². The summed E-state index contributed by atoms with van der Waals surface area (Å²) < 4.78 is 39.0. The second kappa shape index (κ2) is 2.40. The van der Waals surface area contributed by atoms with Gasteiger partial charge in [-0.15, -0.1) is 5.10 Å². The zero-order valence-corrected chi connectivity index (χ0v) is 5.22. The summed E-state index contributed by atoms with van der Waals surface area (Å²) in [4.78, 5) is 0. The van der Waals surface area contributed by atoms with Gasteiger partial charge in [0.2, 0.25) is 5.89 Å². The lowest BCUT2D eigenvalue weighted by atomic mass is 10.4. The third-order valence-electron chi connectivity index (χ3n) is 0.834. The molecule has 0 bridgehead atoms. The molecule has 4 nitrogen and oxygen atoms in total. The van der Waals surface area contributed by atoms with Crippen LogP contribution in [-0.2, 0) is 6.42 Å². The van der Waals surface area contributed by atoms with Gasteiger partial charge in [-0.1, -0.05) is 5.10 Å². The van der Waals surface area contributed by atoms with E-state index in [9.17, 15) is 13.2 Å². The summed E-state index contributed by atoms with van der Waals surface area (Å²) in [6, 6.07) is -0.357. The number of anilines is 1. The van der Waals surface area contributed by atoms with Crippen LogP contribution in [0.3, 0.4) is 0 Å². The Kier molecular flexibility index (Phi) is 1.71. The molecule has 0 fully saturated rings. The third kappa shape index (κ3) is 2.44. The number of nitrogen functional groups attached to an aromatic ring is 1. The smallest absolute Gasteiger partial charge is 0.397 e. The Hall–Kier alpha value is -1.27. The van der Waals surface area contributed by atoms with Crippen LogP contribution in [0, 0.1) is 0 Å². The lowest BCUT2D eigenvalue weighted by Crippen LogP contribution is -2.11. The largest absolute Gasteiger partial charge is 0.408 e. The summed E-state index contributed by atoms with van der Waals surface area (Å²) in [6.45, 7) is 0. The Bertz CT molecular complexity index is 243. The molecule has 1 aromatic heterocycles. The molecular weight excluding hydrogens is 163 g/mol. The van der Waals surface area contributed by atoms with E-state index in [0.29, 0.717) is 0 Å². The standard InChI is InChI=1S/C4H4F3N3O/c5-4(6,7)1-2-9-10-3(8)11-2/h1H2,(H2,8,10). The normalized spacial score (nSPS) is 11.9. The maximum Gasteiger partial charge on any atom is 0.397 e. The van der Waals surface area contributed by atoms with Crippen molar-refractivity contribution in [1.82, 2.24) is 10.2 Å². The van der Waals surface area contributed by atoms with Gasteiger partial charge in [0, 0.05) is 0 Å². The van der Waals surface area contributed by atoms with Crippen molar-refractivity contribution in [3.8, 4) is 0 Å². The van der Waals surface area contributed by atoms with Gasteiger partial charge in [-0.25, -0.2) is 0 Å². The molecule has 0 aliphatic rings. The highest BCUT2D eigenvalue weighted by Gasteiger charge is 2.30. The van der Waals surface area contributed by atoms with Crippen LogP contribution < -0.4 is 5.73 Å². The predicted octanol–water partition coefficient (Wildman–Crippen LogP) is 0.757. The van der Waals surface area contributed by atoms with E-state index in [-0.39, 0.29) is 6.01 Å². The maximum atomic E-state index is 11.6. The van der Waals surface area contributed by atoms with E-state index >= 15 is 0 Å². The molecule has 0 aliphatic heterocycles.